The average molecular weight is 595 g/mol. The van der Waals surface area contributed by atoms with Gasteiger partial charge in [-0.2, -0.15) is 0 Å². The van der Waals surface area contributed by atoms with E-state index in [0.717, 1.165) is 27.6 Å². The zero-order chi connectivity index (χ0) is 29.8. The van der Waals surface area contributed by atoms with Crippen molar-refractivity contribution in [2.24, 2.45) is 0 Å². The van der Waals surface area contributed by atoms with Crippen molar-refractivity contribution in [1.29, 1.82) is 0 Å². The number of carbonyl (C=O) groups is 1. The van der Waals surface area contributed by atoms with Crippen LogP contribution in [-0.4, -0.2) is 34.2 Å². The number of hydrogen-bond donors (Lipinski definition) is 2. The Morgan fingerprint density at radius 3 is 2.12 bits per heavy atom. The minimum atomic E-state index is -4.54. The van der Waals surface area contributed by atoms with Gasteiger partial charge in [0, 0.05) is 11.8 Å². The molecule has 41 heavy (non-hydrogen) atoms. The fourth-order valence-electron chi connectivity index (χ4n) is 4.03. The smallest absolute Gasteiger partial charge is 0.289 e. The van der Waals surface area contributed by atoms with Gasteiger partial charge in [-0.15, -0.1) is 0 Å². The number of sulfonamides is 2. The van der Waals surface area contributed by atoms with Crippen LogP contribution in [0.25, 0.3) is 0 Å². The van der Waals surface area contributed by atoms with Crippen molar-refractivity contribution < 1.29 is 26.6 Å². The van der Waals surface area contributed by atoms with E-state index >= 15 is 0 Å². The van der Waals surface area contributed by atoms with Crippen molar-refractivity contribution in [2.45, 2.75) is 23.6 Å². The predicted octanol–water partition coefficient (Wildman–Crippen LogP) is 4.85. The lowest BCUT2D eigenvalue weighted by atomic mass is 10.1. The molecule has 13 heteroatoms. The summed E-state index contributed by atoms with van der Waals surface area (Å²) in [5, 5.41) is 14.1. The fourth-order valence-corrected chi connectivity index (χ4v) is 6.75. The molecule has 0 aliphatic rings. The zero-order valence-electron chi connectivity index (χ0n) is 22.0. The second-order valence-corrected chi connectivity index (χ2v) is 12.6. The normalized spacial score (nSPS) is 11.5. The largest absolute Gasteiger partial charge is 0.325 e. The molecule has 0 aromatic heterocycles. The lowest BCUT2D eigenvalue weighted by Crippen LogP contribution is -2.38. The molecule has 0 radical (unpaired) electrons. The van der Waals surface area contributed by atoms with E-state index < -0.39 is 48.0 Å². The Hall–Kier alpha value is -4.75. The summed E-state index contributed by atoms with van der Waals surface area (Å²) >= 11 is 0. The Morgan fingerprint density at radius 2 is 1.49 bits per heavy atom. The molecule has 0 fully saturated rings. The van der Waals surface area contributed by atoms with Crippen LogP contribution in [0.3, 0.4) is 0 Å². The van der Waals surface area contributed by atoms with Crippen LogP contribution in [0, 0.1) is 24.0 Å². The number of para-hydroxylation sites is 2. The highest BCUT2D eigenvalue weighted by molar-refractivity contribution is 7.93. The van der Waals surface area contributed by atoms with Gasteiger partial charge in [0.25, 0.3) is 25.7 Å². The van der Waals surface area contributed by atoms with Gasteiger partial charge in [0.05, 0.1) is 21.2 Å². The molecular weight excluding hydrogens is 568 g/mol. The molecule has 212 valence electrons. The minimum Gasteiger partial charge on any atom is -0.325 e. The molecule has 0 bridgehead atoms. The van der Waals surface area contributed by atoms with Gasteiger partial charge in [0.1, 0.15) is 6.54 Å². The molecule has 11 nitrogen and oxygen atoms in total. The first kappa shape index (κ1) is 29.2. The number of nitro groups is 1. The number of nitrogens with zero attached hydrogens (tertiary/aromatic N) is 2. The predicted molar refractivity (Wildman–Crippen MR) is 156 cm³/mol. The number of amides is 1. The Labute approximate surface area is 237 Å². The number of benzene rings is 4. The molecule has 0 aliphatic carbocycles. The van der Waals surface area contributed by atoms with E-state index in [9.17, 15) is 31.7 Å². The van der Waals surface area contributed by atoms with Gasteiger partial charge in [0.2, 0.25) is 5.91 Å². The fraction of sp³-hybridized carbons (Fsp3) is 0.107. The van der Waals surface area contributed by atoms with Gasteiger partial charge < -0.3 is 5.32 Å². The first-order chi connectivity index (χ1) is 19.4. The summed E-state index contributed by atoms with van der Waals surface area (Å²) in [6, 6.07) is 23.3. The monoisotopic (exact) mass is 594 g/mol. The second kappa shape index (κ2) is 11.8. The third kappa shape index (κ3) is 6.70. The molecule has 0 heterocycles. The van der Waals surface area contributed by atoms with E-state index in [0.29, 0.717) is 5.69 Å². The first-order valence-electron chi connectivity index (χ1n) is 12.2. The molecule has 4 aromatic rings. The van der Waals surface area contributed by atoms with Gasteiger partial charge in [-0.05, 0) is 67.9 Å². The van der Waals surface area contributed by atoms with E-state index in [1.54, 1.807) is 37.3 Å². The number of aryl methyl sites for hydroxylation is 2. The number of nitrogens with one attached hydrogen (secondary N) is 2. The second-order valence-electron chi connectivity index (χ2n) is 9.07. The highest BCUT2D eigenvalue weighted by Crippen LogP contribution is 2.30. The van der Waals surface area contributed by atoms with Crippen LogP contribution < -0.4 is 14.3 Å². The topological polar surface area (TPSA) is 156 Å². The van der Waals surface area contributed by atoms with Crippen LogP contribution in [-0.2, 0) is 24.8 Å². The highest BCUT2D eigenvalue weighted by atomic mass is 32.2. The molecule has 0 saturated carbocycles. The molecule has 0 saturated heterocycles. The maximum atomic E-state index is 13.6. The third-order valence-electron chi connectivity index (χ3n) is 6.04. The van der Waals surface area contributed by atoms with E-state index in [4.69, 9.17) is 0 Å². The van der Waals surface area contributed by atoms with Crippen molar-refractivity contribution in [3.05, 3.63) is 118 Å². The number of carbonyl (C=O) groups excluding carboxylic acids is 1. The maximum Gasteiger partial charge on any atom is 0.289 e. The summed E-state index contributed by atoms with van der Waals surface area (Å²) in [6.07, 6.45) is 0. The molecule has 0 unspecified atom stereocenters. The van der Waals surface area contributed by atoms with Crippen LogP contribution >= 0.6 is 0 Å². The number of hydrogen-bond acceptors (Lipinski definition) is 7. The summed E-state index contributed by atoms with van der Waals surface area (Å²) in [5.41, 5.74) is 1.91. The zero-order valence-corrected chi connectivity index (χ0v) is 23.6. The third-order valence-corrected chi connectivity index (χ3v) is 9.24. The summed E-state index contributed by atoms with van der Waals surface area (Å²) < 4.78 is 56.2. The first-order valence-corrected chi connectivity index (χ1v) is 15.1. The van der Waals surface area contributed by atoms with Crippen molar-refractivity contribution in [3.63, 3.8) is 0 Å². The van der Waals surface area contributed by atoms with Crippen LogP contribution in [0.4, 0.5) is 22.7 Å². The van der Waals surface area contributed by atoms with Crippen molar-refractivity contribution in [1.82, 2.24) is 0 Å². The maximum absolute atomic E-state index is 13.6. The molecule has 4 rings (SSSR count). The van der Waals surface area contributed by atoms with E-state index in [-0.39, 0.29) is 16.3 Å². The van der Waals surface area contributed by atoms with Crippen LogP contribution in [0.2, 0.25) is 0 Å². The van der Waals surface area contributed by atoms with E-state index in [1.807, 2.05) is 13.0 Å². The van der Waals surface area contributed by atoms with Crippen LogP contribution in [0.1, 0.15) is 11.1 Å². The molecular formula is C28H26N4O7S2. The standard InChI is InChI=1S/C28H26N4O7S2/c1-20-12-17-25(21(2)18-20)30-40(36,37)24-15-13-22(14-16-24)29-28(33)19-31(23-8-4-3-5-9-23)41(38,39)27-11-7-6-10-26(27)32(34)35/h3-18,30H,19H2,1-2H3,(H,29,33). The summed E-state index contributed by atoms with van der Waals surface area (Å²) in [7, 11) is -8.45. The molecule has 2 N–H and O–H groups in total. The lowest BCUT2D eigenvalue weighted by molar-refractivity contribution is -0.387. The molecule has 0 spiro atoms. The van der Waals surface area contributed by atoms with Gasteiger partial charge in [-0.25, -0.2) is 16.8 Å². The molecule has 0 atom stereocenters. The van der Waals surface area contributed by atoms with Gasteiger partial charge in [-0.1, -0.05) is 48.0 Å². The van der Waals surface area contributed by atoms with Gasteiger partial charge in [0.15, 0.2) is 4.90 Å². The van der Waals surface area contributed by atoms with E-state index in [1.165, 1.54) is 48.5 Å². The van der Waals surface area contributed by atoms with Gasteiger partial charge in [-0.3, -0.25) is 23.9 Å². The minimum absolute atomic E-state index is 0.0413. The van der Waals surface area contributed by atoms with E-state index in [2.05, 4.69) is 10.0 Å². The summed E-state index contributed by atoms with van der Waals surface area (Å²) in [5.74, 6) is -0.750. The molecule has 0 aliphatic heterocycles. The summed E-state index contributed by atoms with van der Waals surface area (Å²) in [4.78, 5) is 23.1. The summed E-state index contributed by atoms with van der Waals surface area (Å²) in [6.45, 7) is 2.99. The molecule has 1 amide bonds. The van der Waals surface area contributed by atoms with Crippen LogP contribution in [0.5, 0.6) is 0 Å². The average Bonchev–Trinajstić information content (AvgIpc) is 2.94. The Bertz CT molecular complexity index is 1810. The Kier molecular flexibility index (Phi) is 8.40. The lowest BCUT2D eigenvalue weighted by Gasteiger charge is -2.24. The quantitative estimate of drug-likeness (QED) is 0.196. The van der Waals surface area contributed by atoms with Crippen molar-refractivity contribution in [2.75, 3.05) is 20.9 Å². The highest BCUT2D eigenvalue weighted by Gasteiger charge is 2.33. The SMILES string of the molecule is Cc1ccc(NS(=O)(=O)c2ccc(NC(=O)CN(c3ccccc3)S(=O)(=O)c3ccccc3[N+](=O)[O-])cc2)c(C)c1. The van der Waals surface area contributed by atoms with Crippen LogP contribution in [0.15, 0.2) is 107 Å². The number of nitro benzene ring substituents is 1. The van der Waals surface area contributed by atoms with Crippen molar-refractivity contribution >= 4 is 48.7 Å². The Morgan fingerprint density at radius 1 is 0.854 bits per heavy atom. The Balaban J connectivity index is 1.55. The number of anilines is 3. The van der Waals surface area contributed by atoms with Crippen molar-refractivity contribution in [3.8, 4) is 0 Å². The van der Waals surface area contributed by atoms with Gasteiger partial charge >= 0.3 is 0 Å². The molecule has 4 aromatic carbocycles. The number of rotatable bonds is 10.